The van der Waals surface area contributed by atoms with Crippen LogP contribution in [-0.4, -0.2) is 10.9 Å². The van der Waals surface area contributed by atoms with Crippen LogP contribution in [0.15, 0.2) is 59.0 Å². The van der Waals surface area contributed by atoms with Crippen LogP contribution in [0.4, 0.5) is 5.69 Å². The van der Waals surface area contributed by atoms with Crippen molar-refractivity contribution in [3.8, 4) is 11.5 Å². The van der Waals surface area contributed by atoms with Crippen LogP contribution >= 0.6 is 23.2 Å². The van der Waals surface area contributed by atoms with Gasteiger partial charge in [-0.15, -0.1) is 0 Å². The van der Waals surface area contributed by atoms with Crippen LogP contribution in [0, 0.1) is 13.8 Å². The lowest BCUT2D eigenvalue weighted by Gasteiger charge is -2.10. The first-order chi connectivity index (χ1) is 13.4. The molecule has 4 rings (SSSR count). The fourth-order valence-corrected chi connectivity index (χ4v) is 3.19. The molecule has 0 saturated heterocycles. The summed E-state index contributed by atoms with van der Waals surface area (Å²) in [7, 11) is 0. The molecule has 28 heavy (non-hydrogen) atoms. The normalized spacial score (nSPS) is 11.0. The molecule has 4 nitrogen and oxygen atoms in total. The van der Waals surface area contributed by atoms with Crippen molar-refractivity contribution in [2.45, 2.75) is 13.8 Å². The van der Waals surface area contributed by atoms with E-state index in [1.165, 1.54) is 0 Å². The summed E-state index contributed by atoms with van der Waals surface area (Å²) in [6, 6.07) is 16.1. The van der Waals surface area contributed by atoms with Crippen LogP contribution in [0.25, 0.3) is 22.6 Å². The molecule has 0 spiro atoms. The largest absolute Gasteiger partial charge is 0.436 e. The van der Waals surface area contributed by atoms with E-state index >= 15 is 0 Å². The van der Waals surface area contributed by atoms with E-state index in [1.54, 1.807) is 42.5 Å². The number of benzene rings is 3. The number of nitrogens with one attached hydrogen (secondary N) is 1. The highest BCUT2D eigenvalue weighted by atomic mass is 35.5. The maximum atomic E-state index is 12.6. The number of carbonyl (C=O) groups excluding carboxylic acids is 1. The Morgan fingerprint density at radius 1 is 0.964 bits per heavy atom. The molecule has 0 fully saturated rings. The second-order valence-corrected chi connectivity index (χ2v) is 7.42. The fraction of sp³-hybridized carbons (Fsp3) is 0.0909. The van der Waals surface area contributed by atoms with E-state index in [0.29, 0.717) is 43.9 Å². The second-order valence-electron chi connectivity index (χ2n) is 6.58. The third kappa shape index (κ3) is 3.61. The summed E-state index contributed by atoms with van der Waals surface area (Å²) in [5, 5.41) is 3.88. The summed E-state index contributed by atoms with van der Waals surface area (Å²) in [5.41, 5.74) is 5.24. The van der Waals surface area contributed by atoms with Crippen LogP contribution < -0.4 is 5.32 Å². The van der Waals surface area contributed by atoms with E-state index in [2.05, 4.69) is 10.3 Å². The standard InChI is InChI=1S/C22H16Cl2N2O2/c1-12-3-4-14(9-13(12)2)21(27)25-18-10-15(5-7-17(18)24)22-26-19-11-16(23)6-8-20(19)28-22/h3-11H,1-2H3,(H,25,27). The second kappa shape index (κ2) is 7.30. The summed E-state index contributed by atoms with van der Waals surface area (Å²) in [6.45, 7) is 3.98. The lowest BCUT2D eigenvalue weighted by atomic mass is 10.1. The number of halogens is 2. The quantitative estimate of drug-likeness (QED) is 0.410. The summed E-state index contributed by atoms with van der Waals surface area (Å²) in [5.74, 6) is 0.196. The predicted octanol–water partition coefficient (Wildman–Crippen LogP) is 6.67. The predicted molar refractivity (Wildman–Crippen MR) is 113 cm³/mol. The van der Waals surface area contributed by atoms with Gasteiger partial charge in [0.1, 0.15) is 5.52 Å². The summed E-state index contributed by atoms with van der Waals surface area (Å²) in [6.07, 6.45) is 0. The van der Waals surface area contributed by atoms with E-state index in [-0.39, 0.29) is 5.91 Å². The Labute approximate surface area is 172 Å². The molecule has 0 atom stereocenters. The Morgan fingerprint density at radius 2 is 1.79 bits per heavy atom. The molecule has 0 unspecified atom stereocenters. The molecule has 6 heteroatoms. The minimum atomic E-state index is -0.230. The molecule has 4 aromatic rings. The van der Waals surface area contributed by atoms with Crippen LogP contribution in [0.5, 0.6) is 0 Å². The van der Waals surface area contributed by atoms with Gasteiger partial charge in [0, 0.05) is 16.1 Å². The Kier molecular flexibility index (Phi) is 4.84. The minimum Gasteiger partial charge on any atom is -0.436 e. The molecule has 1 heterocycles. The van der Waals surface area contributed by atoms with Crippen molar-refractivity contribution in [1.29, 1.82) is 0 Å². The summed E-state index contributed by atoms with van der Waals surface area (Å²) >= 11 is 12.3. The van der Waals surface area contributed by atoms with Crippen molar-refractivity contribution in [2.24, 2.45) is 0 Å². The number of hydrogen-bond donors (Lipinski definition) is 1. The molecule has 0 radical (unpaired) electrons. The van der Waals surface area contributed by atoms with Crippen molar-refractivity contribution in [1.82, 2.24) is 4.98 Å². The van der Waals surface area contributed by atoms with Gasteiger partial charge in [-0.05, 0) is 73.5 Å². The zero-order chi connectivity index (χ0) is 19.8. The Balaban J connectivity index is 1.66. The zero-order valence-corrected chi connectivity index (χ0v) is 16.7. The van der Waals surface area contributed by atoms with E-state index in [9.17, 15) is 4.79 Å². The van der Waals surface area contributed by atoms with Crippen LogP contribution in [0.1, 0.15) is 21.5 Å². The van der Waals surface area contributed by atoms with Crippen LogP contribution in [0.3, 0.4) is 0 Å². The van der Waals surface area contributed by atoms with E-state index in [0.717, 1.165) is 11.1 Å². The van der Waals surface area contributed by atoms with Gasteiger partial charge in [-0.3, -0.25) is 4.79 Å². The van der Waals surface area contributed by atoms with Crippen molar-refractivity contribution < 1.29 is 9.21 Å². The van der Waals surface area contributed by atoms with E-state index in [1.807, 2.05) is 26.0 Å². The first kappa shape index (κ1) is 18.5. The Hall–Kier alpha value is -2.82. The molecule has 0 aliphatic heterocycles. The molecular weight excluding hydrogens is 395 g/mol. The average Bonchev–Trinajstić information content (AvgIpc) is 3.08. The van der Waals surface area contributed by atoms with Crippen molar-refractivity contribution >= 4 is 45.9 Å². The van der Waals surface area contributed by atoms with Gasteiger partial charge in [-0.1, -0.05) is 29.3 Å². The molecule has 0 aliphatic rings. The SMILES string of the molecule is Cc1ccc(C(=O)Nc2cc(-c3nc4cc(Cl)ccc4o3)ccc2Cl)cc1C. The first-order valence-electron chi connectivity index (χ1n) is 8.65. The van der Waals surface area contributed by atoms with Gasteiger partial charge in [-0.2, -0.15) is 0 Å². The molecular formula is C22H16Cl2N2O2. The fourth-order valence-electron chi connectivity index (χ4n) is 2.86. The molecule has 1 N–H and O–H groups in total. The van der Waals surface area contributed by atoms with Gasteiger partial charge in [0.25, 0.3) is 5.91 Å². The highest BCUT2D eigenvalue weighted by molar-refractivity contribution is 6.34. The monoisotopic (exact) mass is 410 g/mol. The number of carbonyl (C=O) groups is 1. The third-order valence-electron chi connectivity index (χ3n) is 4.58. The minimum absolute atomic E-state index is 0.230. The number of aryl methyl sites for hydroxylation is 2. The highest BCUT2D eigenvalue weighted by Crippen LogP contribution is 2.31. The number of fused-ring (bicyclic) bond motifs is 1. The number of oxazole rings is 1. The Morgan fingerprint density at radius 3 is 2.57 bits per heavy atom. The van der Waals surface area contributed by atoms with E-state index in [4.69, 9.17) is 27.6 Å². The topological polar surface area (TPSA) is 55.1 Å². The van der Waals surface area contributed by atoms with Crippen LogP contribution in [0.2, 0.25) is 10.0 Å². The van der Waals surface area contributed by atoms with Gasteiger partial charge in [0.05, 0.1) is 10.7 Å². The number of aromatic nitrogens is 1. The lowest BCUT2D eigenvalue weighted by Crippen LogP contribution is -2.12. The van der Waals surface area contributed by atoms with Crippen molar-refractivity contribution in [3.05, 3.63) is 81.3 Å². The number of nitrogens with zero attached hydrogens (tertiary/aromatic N) is 1. The Bertz CT molecular complexity index is 1210. The zero-order valence-electron chi connectivity index (χ0n) is 15.2. The molecule has 0 bridgehead atoms. The molecule has 1 amide bonds. The number of hydrogen-bond acceptors (Lipinski definition) is 3. The highest BCUT2D eigenvalue weighted by Gasteiger charge is 2.14. The van der Waals surface area contributed by atoms with Gasteiger partial charge < -0.3 is 9.73 Å². The molecule has 140 valence electrons. The molecule has 3 aromatic carbocycles. The van der Waals surface area contributed by atoms with Gasteiger partial charge in [0.2, 0.25) is 5.89 Å². The lowest BCUT2D eigenvalue weighted by molar-refractivity contribution is 0.102. The third-order valence-corrected chi connectivity index (χ3v) is 5.14. The van der Waals surface area contributed by atoms with E-state index < -0.39 is 0 Å². The first-order valence-corrected chi connectivity index (χ1v) is 9.41. The molecule has 0 saturated carbocycles. The smallest absolute Gasteiger partial charge is 0.255 e. The molecule has 0 aliphatic carbocycles. The number of rotatable bonds is 3. The van der Waals surface area contributed by atoms with Gasteiger partial charge in [0.15, 0.2) is 5.58 Å². The number of amides is 1. The maximum Gasteiger partial charge on any atom is 0.255 e. The average molecular weight is 411 g/mol. The summed E-state index contributed by atoms with van der Waals surface area (Å²) < 4.78 is 5.80. The number of anilines is 1. The molecule has 1 aromatic heterocycles. The van der Waals surface area contributed by atoms with Gasteiger partial charge in [-0.25, -0.2) is 4.98 Å². The van der Waals surface area contributed by atoms with Crippen molar-refractivity contribution in [3.63, 3.8) is 0 Å². The van der Waals surface area contributed by atoms with Crippen molar-refractivity contribution in [2.75, 3.05) is 5.32 Å². The maximum absolute atomic E-state index is 12.6. The van der Waals surface area contributed by atoms with Crippen LogP contribution in [-0.2, 0) is 0 Å². The summed E-state index contributed by atoms with van der Waals surface area (Å²) in [4.78, 5) is 17.1. The van der Waals surface area contributed by atoms with Gasteiger partial charge >= 0.3 is 0 Å².